The molecule has 0 saturated heterocycles. The van der Waals surface area contributed by atoms with Gasteiger partial charge in [0.15, 0.2) is 0 Å². The Hall–Kier alpha value is -2.01. The number of nitrogens with zero attached hydrogens (tertiary/aromatic N) is 2. The van der Waals surface area contributed by atoms with Crippen LogP contribution in [-0.2, 0) is 16.6 Å². The molecule has 0 unspecified atom stereocenters. The predicted octanol–water partition coefficient (Wildman–Crippen LogP) is 2.43. The molecular weight excluding hydrogens is 272 g/mol. The summed E-state index contributed by atoms with van der Waals surface area (Å²) in [5.41, 5.74) is 2.53. The summed E-state index contributed by atoms with van der Waals surface area (Å²) in [7, 11) is -1.95. The molecule has 4 nitrogen and oxygen atoms in total. The van der Waals surface area contributed by atoms with Gasteiger partial charge in [-0.3, -0.25) is 8.61 Å². The fraction of sp³-hybridized carbons (Fsp3) is 0.200. The van der Waals surface area contributed by atoms with Gasteiger partial charge in [-0.05, 0) is 30.2 Å². The quantitative estimate of drug-likeness (QED) is 0.870. The molecule has 20 heavy (non-hydrogen) atoms. The lowest BCUT2D eigenvalue weighted by Crippen LogP contribution is -2.41. The third kappa shape index (κ3) is 2.04. The van der Waals surface area contributed by atoms with E-state index in [0.29, 0.717) is 12.2 Å². The maximum Gasteiger partial charge on any atom is 0.326 e. The fourth-order valence-electron chi connectivity index (χ4n) is 2.47. The Morgan fingerprint density at radius 2 is 1.65 bits per heavy atom. The number of anilines is 2. The highest BCUT2D eigenvalue weighted by molar-refractivity contribution is 7.94. The van der Waals surface area contributed by atoms with Crippen molar-refractivity contribution in [1.29, 1.82) is 0 Å². The zero-order chi connectivity index (χ0) is 14.2. The Morgan fingerprint density at radius 3 is 2.40 bits per heavy atom. The standard InChI is InChI=1S/C15H16N2O2S/c1-16(14-8-3-2-4-9-14)20(18,19)17-12-11-13-7-5-6-10-15(13)17/h2-10H,11-12H2,1H3. The molecule has 0 amide bonds. The second kappa shape index (κ2) is 4.83. The van der Waals surface area contributed by atoms with Crippen LogP contribution in [0.3, 0.4) is 0 Å². The summed E-state index contributed by atoms with van der Waals surface area (Å²) in [6, 6.07) is 16.8. The van der Waals surface area contributed by atoms with Crippen LogP contribution in [0.2, 0.25) is 0 Å². The van der Waals surface area contributed by atoms with E-state index in [-0.39, 0.29) is 0 Å². The predicted molar refractivity (Wildman–Crippen MR) is 81.3 cm³/mol. The number of hydrogen-bond acceptors (Lipinski definition) is 2. The Kier molecular flexibility index (Phi) is 3.14. The molecule has 0 bridgehead atoms. The van der Waals surface area contributed by atoms with Gasteiger partial charge < -0.3 is 0 Å². The van der Waals surface area contributed by atoms with Crippen LogP contribution in [0.4, 0.5) is 11.4 Å². The Labute approximate surface area is 119 Å². The Morgan fingerprint density at radius 1 is 1.00 bits per heavy atom. The van der Waals surface area contributed by atoms with Gasteiger partial charge in [0, 0.05) is 13.6 Å². The van der Waals surface area contributed by atoms with Crippen LogP contribution < -0.4 is 8.61 Å². The van der Waals surface area contributed by atoms with Crippen LogP contribution in [0.25, 0.3) is 0 Å². The largest absolute Gasteiger partial charge is 0.326 e. The van der Waals surface area contributed by atoms with E-state index in [1.807, 2.05) is 42.5 Å². The van der Waals surface area contributed by atoms with Crippen molar-refractivity contribution in [1.82, 2.24) is 0 Å². The van der Waals surface area contributed by atoms with E-state index in [9.17, 15) is 8.42 Å². The van der Waals surface area contributed by atoms with Crippen LogP contribution in [0.15, 0.2) is 54.6 Å². The Bertz CT molecular complexity index is 714. The first kappa shape index (κ1) is 13.0. The van der Waals surface area contributed by atoms with E-state index in [1.165, 1.54) is 8.61 Å². The molecule has 0 aliphatic carbocycles. The number of para-hydroxylation sites is 2. The van der Waals surface area contributed by atoms with E-state index < -0.39 is 10.2 Å². The van der Waals surface area contributed by atoms with Crippen molar-refractivity contribution < 1.29 is 8.42 Å². The zero-order valence-electron chi connectivity index (χ0n) is 11.2. The topological polar surface area (TPSA) is 40.6 Å². The first-order valence-electron chi connectivity index (χ1n) is 6.50. The van der Waals surface area contributed by atoms with Gasteiger partial charge in [-0.2, -0.15) is 8.42 Å². The summed E-state index contributed by atoms with van der Waals surface area (Å²) in [5.74, 6) is 0. The van der Waals surface area contributed by atoms with Crippen molar-refractivity contribution in [3.05, 3.63) is 60.2 Å². The highest BCUT2D eigenvalue weighted by atomic mass is 32.2. The van der Waals surface area contributed by atoms with Crippen LogP contribution in [0.5, 0.6) is 0 Å². The first-order valence-corrected chi connectivity index (χ1v) is 7.90. The average molecular weight is 288 g/mol. The third-order valence-corrected chi connectivity index (χ3v) is 5.43. The van der Waals surface area contributed by atoms with Gasteiger partial charge in [-0.15, -0.1) is 0 Å². The van der Waals surface area contributed by atoms with E-state index in [2.05, 4.69) is 0 Å². The molecule has 0 radical (unpaired) electrons. The molecule has 0 spiro atoms. The number of fused-ring (bicyclic) bond motifs is 1. The molecule has 0 atom stereocenters. The van der Waals surface area contributed by atoms with E-state index in [1.54, 1.807) is 19.2 Å². The lowest BCUT2D eigenvalue weighted by Gasteiger charge is -2.27. The third-order valence-electron chi connectivity index (χ3n) is 3.59. The molecule has 5 heteroatoms. The molecule has 0 N–H and O–H groups in total. The summed E-state index contributed by atoms with van der Waals surface area (Å²) in [6.07, 6.45) is 0.762. The lowest BCUT2D eigenvalue weighted by molar-refractivity contribution is 0.590. The summed E-state index contributed by atoms with van der Waals surface area (Å²) in [6.45, 7) is 0.499. The molecule has 0 aromatic heterocycles. The van der Waals surface area contributed by atoms with E-state index in [4.69, 9.17) is 0 Å². The SMILES string of the molecule is CN(c1ccccc1)S(=O)(=O)N1CCc2ccccc21. The maximum absolute atomic E-state index is 12.7. The monoisotopic (exact) mass is 288 g/mol. The van der Waals surface area contributed by atoms with Crippen molar-refractivity contribution in [2.75, 3.05) is 22.2 Å². The molecule has 1 heterocycles. The summed E-state index contributed by atoms with van der Waals surface area (Å²) >= 11 is 0. The number of benzene rings is 2. The van der Waals surface area contributed by atoms with Gasteiger partial charge >= 0.3 is 10.2 Å². The van der Waals surface area contributed by atoms with Crippen LogP contribution in [-0.4, -0.2) is 22.0 Å². The van der Waals surface area contributed by atoms with Gasteiger partial charge in [0.05, 0.1) is 11.4 Å². The minimum absolute atomic E-state index is 0.499. The van der Waals surface area contributed by atoms with Crippen molar-refractivity contribution in [2.24, 2.45) is 0 Å². The summed E-state index contributed by atoms with van der Waals surface area (Å²) < 4.78 is 28.3. The second-order valence-electron chi connectivity index (χ2n) is 4.76. The van der Waals surface area contributed by atoms with Gasteiger partial charge in [0.1, 0.15) is 0 Å². The number of hydrogen-bond donors (Lipinski definition) is 0. The van der Waals surface area contributed by atoms with E-state index in [0.717, 1.165) is 17.7 Å². The maximum atomic E-state index is 12.7. The van der Waals surface area contributed by atoms with Crippen molar-refractivity contribution >= 4 is 21.6 Å². The normalized spacial score (nSPS) is 14.2. The van der Waals surface area contributed by atoms with Gasteiger partial charge in [0.25, 0.3) is 0 Å². The van der Waals surface area contributed by atoms with Crippen LogP contribution in [0, 0.1) is 0 Å². The molecule has 104 valence electrons. The first-order chi connectivity index (χ1) is 9.60. The van der Waals surface area contributed by atoms with Gasteiger partial charge in [0.2, 0.25) is 0 Å². The molecule has 1 aliphatic rings. The highest BCUT2D eigenvalue weighted by Gasteiger charge is 2.32. The fourth-order valence-corrected chi connectivity index (χ4v) is 3.90. The molecule has 0 fully saturated rings. The molecule has 1 aliphatic heterocycles. The number of rotatable bonds is 3. The van der Waals surface area contributed by atoms with Crippen LogP contribution >= 0.6 is 0 Å². The lowest BCUT2D eigenvalue weighted by atomic mass is 10.2. The minimum Gasteiger partial charge on any atom is -0.256 e. The molecule has 2 aromatic rings. The van der Waals surface area contributed by atoms with Gasteiger partial charge in [-0.25, -0.2) is 0 Å². The van der Waals surface area contributed by atoms with Crippen LogP contribution in [0.1, 0.15) is 5.56 Å². The van der Waals surface area contributed by atoms with Crippen molar-refractivity contribution in [3.63, 3.8) is 0 Å². The van der Waals surface area contributed by atoms with Gasteiger partial charge in [-0.1, -0.05) is 36.4 Å². The molecule has 3 rings (SSSR count). The van der Waals surface area contributed by atoms with Crippen molar-refractivity contribution in [3.8, 4) is 0 Å². The molecular formula is C15H16N2O2S. The van der Waals surface area contributed by atoms with E-state index >= 15 is 0 Å². The second-order valence-corrected chi connectivity index (χ2v) is 6.65. The molecule has 2 aromatic carbocycles. The Balaban J connectivity index is 1.98. The minimum atomic E-state index is -3.54. The molecule has 0 saturated carbocycles. The average Bonchev–Trinajstić information content (AvgIpc) is 2.92. The summed E-state index contributed by atoms with van der Waals surface area (Å²) in [4.78, 5) is 0. The van der Waals surface area contributed by atoms with Crippen molar-refractivity contribution in [2.45, 2.75) is 6.42 Å². The highest BCUT2D eigenvalue weighted by Crippen LogP contribution is 2.32. The smallest absolute Gasteiger partial charge is 0.256 e. The summed E-state index contributed by atoms with van der Waals surface area (Å²) in [5, 5.41) is 0. The zero-order valence-corrected chi connectivity index (χ0v) is 12.0.